The Hall–Kier alpha value is -2.82. The van der Waals surface area contributed by atoms with E-state index in [1.54, 1.807) is 7.11 Å². The molecule has 1 aliphatic carbocycles. The first-order valence-corrected chi connectivity index (χ1v) is 10.1. The van der Waals surface area contributed by atoms with Gasteiger partial charge in [-0.1, -0.05) is 43.5 Å². The number of hydrogen-bond donors (Lipinski definition) is 1. The number of rotatable bonds is 6. The Bertz CT molecular complexity index is 940. The Morgan fingerprint density at radius 2 is 1.86 bits per heavy atom. The van der Waals surface area contributed by atoms with E-state index in [-0.39, 0.29) is 5.91 Å². The fourth-order valence-electron chi connectivity index (χ4n) is 4.03. The topological polar surface area (TPSA) is 56.2 Å². The number of carbonyl (C=O) groups is 1. The minimum absolute atomic E-state index is 0.0750. The number of hydrogen-bond acceptors (Lipinski definition) is 3. The van der Waals surface area contributed by atoms with Gasteiger partial charge in [-0.3, -0.25) is 4.79 Å². The standard InChI is InChI=1S/C23H27N3O2/c1-28-19-13-11-17(12-14-19)15-22-25-20-9-5-6-10-21(20)26(22)16-23(27)24-18-7-3-2-4-8-18/h5-6,9-14,18H,2-4,7-8,15-16H2,1H3,(H,24,27). The SMILES string of the molecule is COc1ccc(Cc2nc3ccccc3n2CC(=O)NC2CCCCC2)cc1. The van der Waals surface area contributed by atoms with Crippen LogP contribution < -0.4 is 10.1 Å². The van der Waals surface area contributed by atoms with Crippen LogP contribution in [-0.2, 0) is 17.8 Å². The van der Waals surface area contributed by atoms with Crippen molar-refractivity contribution in [2.24, 2.45) is 0 Å². The zero-order valence-electron chi connectivity index (χ0n) is 16.4. The van der Waals surface area contributed by atoms with E-state index in [2.05, 4.69) is 9.88 Å². The van der Waals surface area contributed by atoms with Gasteiger partial charge in [0.1, 0.15) is 18.1 Å². The minimum atomic E-state index is 0.0750. The fourth-order valence-corrected chi connectivity index (χ4v) is 4.03. The molecule has 0 atom stereocenters. The van der Waals surface area contributed by atoms with Crippen LogP contribution in [0.2, 0.25) is 0 Å². The molecule has 1 aliphatic rings. The predicted octanol–water partition coefficient (Wildman–Crippen LogP) is 4.08. The molecule has 2 aromatic carbocycles. The Morgan fingerprint density at radius 1 is 1.11 bits per heavy atom. The van der Waals surface area contributed by atoms with Crippen LogP contribution in [0.15, 0.2) is 48.5 Å². The van der Waals surface area contributed by atoms with Crippen LogP contribution in [0, 0.1) is 0 Å². The summed E-state index contributed by atoms with van der Waals surface area (Å²) in [4.78, 5) is 17.5. The number of imidazole rings is 1. The second-order valence-electron chi connectivity index (χ2n) is 7.53. The maximum atomic E-state index is 12.7. The molecular weight excluding hydrogens is 350 g/mol. The first-order valence-electron chi connectivity index (χ1n) is 10.1. The lowest BCUT2D eigenvalue weighted by molar-refractivity contribution is -0.122. The van der Waals surface area contributed by atoms with Crippen molar-refractivity contribution in [3.63, 3.8) is 0 Å². The Kier molecular flexibility index (Phi) is 5.60. The van der Waals surface area contributed by atoms with Gasteiger partial charge in [0, 0.05) is 12.5 Å². The molecule has 28 heavy (non-hydrogen) atoms. The van der Waals surface area contributed by atoms with E-state index in [0.717, 1.165) is 41.0 Å². The summed E-state index contributed by atoms with van der Waals surface area (Å²) in [6.45, 7) is 0.308. The van der Waals surface area contributed by atoms with Crippen LogP contribution in [0.3, 0.4) is 0 Å². The minimum Gasteiger partial charge on any atom is -0.497 e. The largest absolute Gasteiger partial charge is 0.497 e. The molecule has 4 rings (SSSR count). The highest BCUT2D eigenvalue weighted by molar-refractivity contribution is 5.81. The van der Waals surface area contributed by atoms with E-state index in [0.29, 0.717) is 19.0 Å². The highest BCUT2D eigenvalue weighted by Gasteiger charge is 2.18. The van der Waals surface area contributed by atoms with Crippen LogP contribution in [0.4, 0.5) is 0 Å². The lowest BCUT2D eigenvalue weighted by Gasteiger charge is -2.23. The predicted molar refractivity (Wildman–Crippen MR) is 111 cm³/mol. The summed E-state index contributed by atoms with van der Waals surface area (Å²) < 4.78 is 7.30. The molecule has 5 heteroatoms. The van der Waals surface area contributed by atoms with E-state index in [1.165, 1.54) is 19.3 Å². The van der Waals surface area contributed by atoms with E-state index >= 15 is 0 Å². The number of nitrogens with one attached hydrogen (secondary N) is 1. The van der Waals surface area contributed by atoms with Crippen molar-refractivity contribution in [3.8, 4) is 5.75 Å². The fraction of sp³-hybridized carbons (Fsp3) is 0.391. The number of nitrogens with zero attached hydrogens (tertiary/aromatic N) is 2. The highest BCUT2D eigenvalue weighted by atomic mass is 16.5. The van der Waals surface area contributed by atoms with Gasteiger partial charge in [0.2, 0.25) is 5.91 Å². The molecule has 146 valence electrons. The van der Waals surface area contributed by atoms with Crippen molar-refractivity contribution in [2.75, 3.05) is 7.11 Å². The molecule has 0 saturated heterocycles. The van der Waals surface area contributed by atoms with Crippen molar-refractivity contribution in [3.05, 3.63) is 59.9 Å². The molecule has 1 saturated carbocycles. The number of para-hydroxylation sites is 2. The normalized spacial score (nSPS) is 14.9. The summed E-state index contributed by atoms with van der Waals surface area (Å²) >= 11 is 0. The monoisotopic (exact) mass is 377 g/mol. The molecule has 1 N–H and O–H groups in total. The third-order valence-electron chi connectivity index (χ3n) is 5.53. The third-order valence-corrected chi connectivity index (χ3v) is 5.53. The van der Waals surface area contributed by atoms with Crippen molar-refractivity contribution >= 4 is 16.9 Å². The molecule has 5 nitrogen and oxygen atoms in total. The number of carbonyl (C=O) groups excluding carboxylic acids is 1. The molecule has 0 aliphatic heterocycles. The molecule has 0 radical (unpaired) electrons. The van der Waals surface area contributed by atoms with Gasteiger partial charge in [0.15, 0.2) is 0 Å². The summed E-state index contributed by atoms with van der Waals surface area (Å²) in [7, 11) is 1.67. The molecule has 0 bridgehead atoms. The Balaban J connectivity index is 1.56. The first-order chi connectivity index (χ1) is 13.7. The second kappa shape index (κ2) is 8.46. The van der Waals surface area contributed by atoms with Crippen LogP contribution >= 0.6 is 0 Å². The average molecular weight is 377 g/mol. The van der Waals surface area contributed by atoms with Crippen molar-refractivity contribution in [1.82, 2.24) is 14.9 Å². The number of ether oxygens (including phenoxy) is 1. The van der Waals surface area contributed by atoms with Gasteiger partial charge in [0.25, 0.3) is 0 Å². The molecule has 1 fully saturated rings. The summed E-state index contributed by atoms with van der Waals surface area (Å²) in [5.41, 5.74) is 3.08. The van der Waals surface area contributed by atoms with E-state index < -0.39 is 0 Å². The lowest BCUT2D eigenvalue weighted by atomic mass is 9.95. The Labute approximate surface area is 165 Å². The van der Waals surface area contributed by atoms with Gasteiger partial charge in [-0.2, -0.15) is 0 Å². The maximum absolute atomic E-state index is 12.7. The number of benzene rings is 2. The quantitative estimate of drug-likeness (QED) is 0.704. The zero-order valence-corrected chi connectivity index (χ0v) is 16.4. The molecule has 1 aromatic heterocycles. The summed E-state index contributed by atoms with van der Waals surface area (Å²) in [6, 6.07) is 16.3. The van der Waals surface area contributed by atoms with E-state index in [4.69, 9.17) is 9.72 Å². The smallest absolute Gasteiger partial charge is 0.240 e. The average Bonchev–Trinajstić information content (AvgIpc) is 3.06. The van der Waals surface area contributed by atoms with Crippen LogP contribution in [0.1, 0.15) is 43.5 Å². The van der Waals surface area contributed by atoms with Crippen LogP contribution in [0.25, 0.3) is 11.0 Å². The van der Waals surface area contributed by atoms with Gasteiger partial charge >= 0.3 is 0 Å². The molecule has 0 spiro atoms. The molecule has 3 aromatic rings. The molecular formula is C23H27N3O2. The van der Waals surface area contributed by atoms with E-state index in [1.807, 2.05) is 48.5 Å². The van der Waals surface area contributed by atoms with Crippen molar-refractivity contribution in [2.45, 2.75) is 51.1 Å². The first kappa shape index (κ1) is 18.5. The number of aromatic nitrogens is 2. The number of fused-ring (bicyclic) bond motifs is 1. The summed E-state index contributed by atoms with van der Waals surface area (Å²) in [5.74, 6) is 1.82. The number of methoxy groups -OCH3 is 1. The molecule has 1 amide bonds. The molecule has 1 heterocycles. The van der Waals surface area contributed by atoms with Gasteiger partial charge in [-0.05, 0) is 42.7 Å². The van der Waals surface area contributed by atoms with Gasteiger partial charge in [-0.15, -0.1) is 0 Å². The summed E-state index contributed by atoms with van der Waals surface area (Å²) in [5, 5.41) is 3.22. The number of amides is 1. The lowest BCUT2D eigenvalue weighted by Crippen LogP contribution is -2.38. The second-order valence-corrected chi connectivity index (χ2v) is 7.53. The van der Waals surface area contributed by atoms with Crippen LogP contribution in [-0.4, -0.2) is 28.6 Å². The van der Waals surface area contributed by atoms with Gasteiger partial charge in [0.05, 0.1) is 18.1 Å². The van der Waals surface area contributed by atoms with Crippen molar-refractivity contribution < 1.29 is 9.53 Å². The highest BCUT2D eigenvalue weighted by Crippen LogP contribution is 2.21. The van der Waals surface area contributed by atoms with E-state index in [9.17, 15) is 4.79 Å². The molecule has 0 unspecified atom stereocenters. The van der Waals surface area contributed by atoms with Crippen molar-refractivity contribution in [1.29, 1.82) is 0 Å². The van der Waals surface area contributed by atoms with Gasteiger partial charge < -0.3 is 14.6 Å². The summed E-state index contributed by atoms with van der Waals surface area (Å²) in [6.07, 6.45) is 6.56. The Morgan fingerprint density at radius 3 is 2.61 bits per heavy atom. The maximum Gasteiger partial charge on any atom is 0.240 e. The third kappa shape index (κ3) is 4.19. The van der Waals surface area contributed by atoms with Crippen LogP contribution in [0.5, 0.6) is 5.75 Å². The zero-order chi connectivity index (χ0) is 19.3. The van der Waals surface area contributed by atoms with Gasteiger partial charge in [-0.25, -0.2) is 4.98 Å².